The quantitative estimate of drug-likeness (QED) is 0.753. The van der Waals surface area contributed by atoms with Crippen LogP contribution in [0.3, 0.4) is 0 Å². The van der Waals surface area contributed by atoms with Gasteiger partial charge in [-0.2, -0.15) is 5.06 Å². The molecule has 0 aromatic carbocycles. The van der Waals surface area contributed by atoms with Gasteiger partial charge in [0.05, 0.1) is 12.1 Å². The maximum atomic E-state index is 6.23. The van der Waals surface area contributed by atoms with E-state index in [-0.39, 0.29) is 17.1 Å². The van der Waals surface area contributed by atoms with Crippen LogP contribution in [0.15, 0.2) is 0 Å². The van der Waals surface area contributed by atoms with E-state index in [4.69, 9.17) is 10.6 Å². The van der Waals surface area contributed by atoms with Crippen molar-refractivity contribution in [3.63, 3.8) is 0 Å². The Labute approximate surface area is 107 Å². The van der Waals surface area contributed by atoms with Gasteiger partial charge in [0.2, 0.25) is 0 Å². The van der Waals surface area contributed by atoms with E-state index >= 15 is 0 Å². The van der Waals surface area contributed by atoms with Gasteiger partial charge in [-0.15, -0.1) is 0 Å². The number of nitrogens with two attached hydrogens (primary N) is 1. The van der Waals surface area contributed by atoms with Crippen molar-refractivity contribution in [1.82, 2.24) is 5.06 Å². The lowest BCUT2D eigenvalue weighted by Gasteiger charge is -2.54. The lowest BCUT2D eigenvalue weighted by Crippen LogP contribution is -2.66. The fourth-order valence-electron chi connectivity index (χ4n) is 2.74. The van der Waals surface area contributed by atoms with Crippen LogP contribution in [0, 0.1) is 0 Å². The number of hydrogen-bond acceptors (Lipinski definition) is 3. The van der Waals surface area contributed by atoms with Crippen molar-refractivity contribution < 1.29 is 4.84 Å². The second-order valence-electron chi connectivity index (χ2n) is 6.45. The first-order valence-corrected chi connectivity index (χ1v) is 7.01. The molecule has 1 rings (SSSR count). The molecule has 0 spiro atoms. The molecule has 0 saturated carbocycles. The summed E-state index contributed by atoms with van der Waals surface area (Å²) in [6.07, 6.45) is 5.78. The molecule has 102 valence electrons. The monoisotopic (exact) mass is 242 g/mol. The van der Waals surface area contributed by atoms with Gasteiger partial charge in [-0.1, -0.05) is 19.8 Å². The van der Waals surface area contributed by atoms with E-state index in [2.05, 4.69) is 39.7 Å². The average Bonchev–Trinajstić information content (AvgIpc) is 2.23. The molecule has 0 bridgehead atoms. The molecule has 0 aromatic heterocycles. The summed E-state index contributed by atoms with van der Waals surface area (Å²) in [5, 5.41) is 2.16. The first-order valence-electron chi connectivity index (χ1n) is 7.01. The van der Waals surface area contributed by atoms with Crippen LogP contribution in [0.2, 0.25) is 0 Å². The Morgan fingerprint density at radius 1 is 1.24 bits per heavy atom. The molecule has 17 heavy (non-hydrogen) atoms. The third kappa shape index (κ3) is 3.43. The summed E-state index contributed by atoms with van der Waals surface area (Å²) in [5.74, 6) is 0. The Balaban J connectivity index is 2.62. The first kappa shape index (κ1) is 14.9. The summed E-state index contributed by atoms with van der Waals surface area (Å²) >= 11 is 0. The van der Waals surface area contributed by atoms with Crippen molar-refractivity contribution >= 4 is 0 Å². The number of rotatable bonds is 5. The maximum Gasteiger partial charge on any atom is 0.0685 e. The smallest absolute Gasteiger partial charge is 0.0685 e. The van der Waals surface area contributed by atoms with Crippen LogP contribution in [0.5, 0.6) is 0 Å². The van der Waals surface area contributed by atoms with Gasteiger partial charge in [-0.25, -0.2) is 0 Å². The van der Waals surface area contributed by atoms with Gasteiger partial charge in [0, 0.05) is 11.6 Å². The zero-order valence-corrected chi connectivity index (χ0v) is 12.3. The minimum atomic E-state index is -0.0754. The molecule has 2 N–H and O–H groups in total. The molecule has 1 atom stereocenters. The van der Waals surface area contributed by atoms with Crippen molar-refractivity contribution in [3.05, 3.63) is 0 Å². The van der Waals surface area contributed by atoms with Gasteiger partial charge in [-0.3, -0.25) is 4.84 Å². The summed E-state index contributed by atoms with van der Waals surface area (Å²) in [7, 11) is 0. The average molecular weight is 242 g/mol. The highest BCUT2D eigenvalue weighted by Crippen LogP contribution is 2.37. The van der Waals surface area contributed by atoms with Crippen LogP contribution < -0.4 is 5.73 Å². The molecule has 0 radical (unpaired) electrons. The third-order valence-corrected chi connectivity index (χ3v) is 4.02. The number of nitrogens with zero attached hydrogens (tertiary/aromatic N) is 1. The Kier molecular flexibility index (Phi) is 4.99. The van der Waals surface area contributed by atoms with E-state index < -0.39 is 0 Å². The summed E-state index contributed by atoms with van der Waals surface area (Å²) in [6, 6.07) is 0.196. The van der Waals surface area contributed by atoms with Crippen LogP contribution in [-0.4, -0.2) is 28.8 Å². The molecule has 0 aromatic rings. The van der Waals surface area contributed by atoms with Crippen LogP contribution >= 0.6 is 0 Å². The Bertz CT molecular complexity index is 238. The molecule has 0 amide bonds. The second kappa shape index (κ2) is 5.68. The molecule has 3 heteroatoms. The van der Waals surface area contributed by atoms with Crippen molar-refractivity contribution in [2.75, 3.05) is 6.61 Å². The highest BCUT2D eigenvalue weighted by atomic mass is 16.7. The number of unbranched alkanes of at least 4 members (excludes halogenated alkanes) is 2. The van der Waals surface area contributed by atoms with Crippen molar-refractivity contribution in [3.8, 4) is 0 Å². The van der Waals surface area contributed by atoms with Crippen molar-refractivity contribution in [1.29, 1.82) is 0 Å². The van der Waals surface area contributed by atoms with Gasteiger partial charge in [0.1, 0.15) is 0 Å². The molecule has 1 aliphatic rings. The van der Waals surface area contributed by atoms with E-state index in [1.54, 1.807) is 0 Å². The summed E-state index contributed by atoms with van der Waals surface area (Å²) < 4.78 is 0. The predicted molar refractivity (Wildman–Crippen MR) is 72.7 cm³/mol. The fourth-order valence-corrected chi connectivity index (χ4v) is 2.74. The van der Waals surface area contributed by atoms with Crippen molar-refractivity contribution in [2.45, 2.75) is 83.8 Å². The van der Waals surface area contributed by atoms with Gasteiger partial charge < -0.3 is 5.73 Å². The lowest BCUT2D eigenvalue weighted by atomic mass is 9.79. The maximum absolute atomic E-state index is 6.23. The first-order chi connectivity index (χ1) is 7.82. The standard InChI is InChI=1S/C14H30N2O/c1-6-7-8-11-17-16-13(2,3)10-9-12(15)14(16,4)5/h12H,6-11,15H2,1-5H3. The minimum Gasteiger partial charge on any atom is -0.326 e. The zero-order chi connectivity index (χ0) is 13.1. The Morgan fingerprint density at radius 3 is 2.47 bits per heavy atom. The van der Waals surface area contributed by atoms with E-state index in [0.29, 0.717) is 0 Å². The highest BCUT2D eigenvalue weighted by Gasteiger charge is 2.46. The third-order valence-electron chi connectivity index (χ3n) is 4.02. The normalized spacial score (nSPS) is 28.2. The molecule has 1 unspecified atom stereocenters. The molecular weight excluding hydrogens is 212 g/mol. The van der Waals surface area contributed by atoms with Crippen LogP contribution in [-0.2, 0) is 4.84 Å². The molecule has 1 aliphatic heterocycles. The fraction of sp³-hybridized carbons (Fsp3) is 1.00. The van der Waals surface area contributed by atoms with Crippen LogP contribution in [0.1, 0.15) is 66.7 Å². The number of hydroxylamine groups is 2. The van der Waals surface area contributed by atoms with Crippen molar-refractivity contribution in [2.24, 2.45) is 5.73 Å². The SMILES string of the molecule is CCCCCON1C(C)(C)CCC(N)C1(C)C. The molecule has 1 saturated heterocycles. The van der Waals surface area contributed by atoms with E-state index in [0.717, 1.165) is 25.9 Å². The zero-order valence-electron chi connectivity index (χ0n) is 12.3. The van der Waals surface area contributed by atoms with Crippen LogP contribution in [0.25, 0.3) is 0 Å². The Morgan fingerprint density at radius 2 is 1.88 bits per heavy atom. The summed E-state index contributed by atoms with van der Waals surface area (Å²) in [6.45, 7) is 11.9. The van der Waals surface area contributed by atoms with Crippen LogP contribution in [0.4, 0.5) is 0 Å². The lowest BCUT2D eigenvalue weighted by molar-refractivity contribution is -0.285. The molecule has 1 fully saturated rings. The molecule has 0 aliphatic carbocycles. The second-order valence-corrected chi connectivity index (χ2v) is 6.45. The Hall–Kier alpha value is -0.120. The predicted octanol–water partition coefficient (Wildman–Crippen LogP) is 3.09. The van der Waals surface area contributed by atoms with Gasteiger partial charge in [-0.05, 0) is 47.0 Å². The van der Waals surface area contributed by atoms with Gasteiger partial charge >= 0.3 is 0 Å². The van der Waals surface area contributed by atoms with Gasteiger partial charge in [0.15, 0.2) is 0 Å². The summed E-state index contributed by atoms with van der Waals surface area (Å²) in [5.41, 5.74) is 6.25. The van der Waals surface area contributed by atoms with E-state index in [1.165, 1.54) is 12.8 Å². The van der Waals surface area contributed by atoms with Gasteiger partial charge in [0.25, 0.3) is 0 Å². The van der Waals surface area contributed by atoms with E-state index in [9.17, 15) is 0 Å². The number of hydrogen-bond donors (Lipinski definition) is 1. The molecule has 1 heterocycles. The minimum absolute atomic E-state index is 0.0754. The molecule has 3 nitrogen and oxygen atoms in total. The molecular formula is C14H30N2O. The largest absolute Gasteiger partial charge is 0.326 e. The topological polar surface area (TPSA) is 38.5 Å². The number of piperidine rings is 1. The highest BCUT2D eigenvalue weighted by molar-refractivity contribution is 5.00. The summed E-state index contributed by atoms with van der Waals surface area (Å²) in [4.78, 5) is 6.04. The van der Waals surface area contributed by atoms with E-state index in [1.807, 2.05) is 0 Å².